The molecule has 28 heavy (non-hydrogen) atoms. The largest absolute Gasteiger partial charge is 0.497 e. The van der Waals surface area contributed by atoms with Crippen molar-refractivity contribution in [2.75, 3.05) is 66.7 Å². The molecule has 0 aromatic heterocycles. The Bertz CT molecular complexity index is 668. The van der Waals surface area contributed by atoms with Gasteiger partial charge in [0.1, 0.15) is 11.5 Å². The first-order valence-electron chi connectivity index (χ1n) is 10.1. The maximum atomic E-state index is 5.53. The fourth-order valence-electron chi connectivity index (χ4n) is 3.60. The number of piperazine rings is 1. The normalized spacial score (nSPS) is 19.9. The summed E-state index contributed by atoms with van der Waals surface area (Å²) in [5.74, 6) is 2.80. The van der Waals surface area contributed by atoms with Crippen molar-refractivity contribution in [3.05, 3.63) is 23.8 Å². The third-order valence-corrected chi connectivity index (χ3v) is 5.40. The van der Waals surface area contributed by atoms with E-state index < -0.39 is 0 Å². The summed E-state index contributed by atoms with van der Waals surface area (Å²) in [6, 6.07) is 5.98. The Morgan fingerprint density at radius 1 is 1.18 bits per heavy atom. The van der Waals surface area contributed by atoms with Crippen molar-refractivity contribution in [1.82, 2.24) is 15.1 Å². The number of nitrogens with zero attached hydrogens (tertiary/aromatic N) is 3. The molecule has 1 N–H and O–H groups in total. The van der Waals surface area contributed by atoms with E-state index in [0.717, 1.165) is 82.0 Å². The summed E-state index contributed by atoms with van der Waals surface area (Å²) >= 11 is 0. The van der Waals surface area contributed by atoms with Gasteiger partial charge >= 0.3 is 0 Å². The van der Waals surface area contributed by atoms with Gasteiger partial charge in [-0.1, -0.05) is 6.92 Å². The fraction of sp³-hybridized carbons (Fsp3) is 0.667. The lowest BCUT2D eigenvalue weighted by Gasteiger charge is -2.39. The Hall–Kier alpha value is -1.99. The van der Waals surface area contributed by atoms with Crippen LogP contribution in [0.1, 0.15) is 19.4 Å². The van der Waals surface area contributed by atoms with E-state index in [1.165, 1.54) is 0 Å². The van der Waals surface area contributed by atoms with Crippen LogP contribution in [0.4, 0.5) is 0 Å². The van der Waals surface area contributed by atoms with Gasteiger partial charge in [-0.3, -0.25) is 9.89 Å². The number of methoxy groups -OCH3 is 2. The molecule has 0 aliphatic carbocycles. The molecule has 0 bridgehead atoms. The van der Waals surface area contributed by atoms with Crippen molar-refractivity contribution in [3.63, 3.8) is 0 Å². The second kappa shape index (κ2) is 9.47. The molecule has 0 atom stereocenters. The average molecular weight is 391 g/mol. The van der Waals surface area contributed by atoms with Gasteiger partial charge in [0.15, 0.2) is 5.96 Å². The molecule has 2 aliphatic rings. The molecule has 156 valence electrons. The van der Waals surface area contributed by atoms with Gasteiger partial charge in [-0.05, 0) is 25.1 Å². The summed E-state index contributed by atoms with van der Waals surface area (Å²) in [6.45, 7) is 12.4. The van der Waals surface area contributed by atoms with E-state index in [2.05, 4.69) is 35.0 Å². The highest BCUT2D eigenvalue weighted by atomic mass is 16.5. The van der Waals surface area contributed by atoms with Gasteiger partial charge in [0.2, 0.25) is 0 Å². The highest BCUT2D eigenvalue weighted by Crippen LogP contribution is 2.27. The molecule has 0 unspecified atom stereocenters. The third kappa shape index (κ3) is 5.08. The first kappa shape index (κ1) is 20.7. The Morgan fingerprint density at radius 2 is 1.93 bits per heavy atom. The minimum Gasteiger partial charge on any atom is -0.497 e. The van der Waals surface area contributed by atoms with Crippen molar-refractivity contribution in [3.8, 4) is 11.5 Å². The van der Waals surface area contributed by atoms with Crippen LogP contribution in [0.2, 0.25) is 0 Å². The smallest absolute Gasteiger partial charge is 0.194 e. The molecular formula is C21H34N4O3. The van der Waals surface area contributed by atoms with Crippen LogP contribution in [-0.4, -0.2) is 82.5 Å². The third-order valence-electron chi connectivity index (χ3n) is 5.40. The quantitative estimate of drug-likeness (QED) is 0.566. The van der Waals surface area contributed by atoms with E-state index in [-0.39, 0.29) is 5.41 Å². The van der Waals surface area contributed by atoms with Gasteiger partial charge in [-0.2, -0.15) is 0 Å². The summed E-state index contributed by atoms with van der Waals surface area (Å²) in [5.41, 5.74) is 1.36. The zero-order valence-electron chi connectivity index (χ0n) is 17.7. The number of rotatable bonds is 7. The molecule has 2 aliphatic heterocycles. The van der Waals surface area contributed by atoms with E-state index in [4.69, 9.17) is 19.2 Å². The van der Waals surface area contributed by atoms with Crippen LogP contribution in [-0.2, 0) is 11.3 Å². The zero-order valence-corrected chi connectivity index (χ0v) is 17.7. The van der Waals surface area contributed by atoms with E-state index >= 15 is 0 Å². The van der Waals surface area contributed by atoms with Gasteiger partial charge in [-0.15, -0.1) is 0 Å². The van der Waals surface area contributed by atoms with E-state index in [0.29, 0.717) is 0 Å². The highest BCUT2D eigenvalue weighted by molar-refractivity contribution is 5.80. The lowest BCUT2D eigenvalue weighted by Crippen LogP contribution is -2.52. The standard InChI is InChI=1S/C21H34N4O3/c1-5-22-20(23-14-21(2)15-28-16-21)25-10-8-24(9-11-25)13-17-12-18(26-3)6-7-19(17)27-4/h6-7,12H,5,8-11,13-16H2,1-4H3,(H,22,23). The van der Waals surface area contributed by atoms with Crippen LogP contribution < -0.4 is 14.8 Å². The number of hydrogen-bond acceptors (Lipinski definition) is 5. The lowest BCUT2D eigenvalue weighted by molar-refractivity contribution is -0.0946. The molecule has 1 aromatic carbocycles. The Labute approximate surface area is 168 Å². The monoisotopic (exact) mass is 390 g/mol. The van der Waals surface area contributed by atoms with Crippen molar-refractivity contribution >= 4 is 5.96 Å². The zero-order chi connectivity index (χ0) is 20.0. The Kier molecular flexibility index (Phi) is 7.02. The second-order valence-corrected chi connectivity index (χ2v) is 7.91. The maximum absolute atomic E-state index is 5.53. The Balaban J connectivity index is 1.57. The maximum Gasteiger partial charge on any atom is 0.194 e. The van der Waals surface area contributed by atoms with Crippen LogP contribution in [0.5, 0.6) is 11.5 Å². The number of aliphatic imine (C=N–C) groups is 1. The summed E-state index contributed by atoms with van der Waals surface area (Å²) in [6.07, 6.45) is 0. The van der Waals surface area contributed by atoms with E-state index in [1.54, 1.807) is 14.2 Å². The van der Waals surface area contributed by atoms with Crippen LogP contribution in [0.3, 0.4) is 0 Å². The Morgan fingerprint density at radius 3 is 2.50 bits per heavy atom. The van der Waals surface area contributed by atoms with Gasteiger partial charge in [-0.25, -0.2) is 0 Å². The first-order chi connectivity index (χ1) is 13.6. The SMILES string of the molecule is CCNC(=NCC1(C)COC1)N1CCN(Cc2cc(OC)ccc2OC)CC1. The number of hydrogen-bond donors (Lipinski definition) is 1. The molecule has 2 heterocycles. The molecule has 7 heteroatoms. The summed E-state index contributed by atoms with van der Waals surface area (Å²) in [4.78, 5) is 9.71. The minimum absolute atomic E-state index is 0.200. The highest BCUT2D eigenvalue weighted by Gasteiger charge is 2.33. The number of benzene rings is 1. The van der Waals surface area contributed by atoms with Crippen molar-refractivity contribution in [2.45, 2.75) is 20.4 Å². The number of guanidine groups is 1. The van der Waals surface area contributed by atoms with Crippen LogP contribution in [0.25, 0.3) is 0 Å². The van der Waals surface area contributed by atoms with E-state index in [1.807, 2.05) is 12.1 Å². The molecule has 3 rings (SSSR count). The van der Waals surface area contributed by atoms with Gasteiger partial charge in [0.25, 0.3) is 0 Å². The van der Waals surface area contributed by atoms with Crippen LogP contribution >= 0.6 is 0 Å². The summed E-state index contributed by atoms with van der Waals surface area (Å²) in [7, 11) is 3.41. The van der Waals surface area contributed by atoms with Gasteiger partial charge < -0.3 is 24.4 Å². The average Bonchev–Trinajstić information content (AvgIpc) is 2.70. The van der Waals surface area contributed by atoms with Gasteiger partial charge in [0.05, 0.1) is 34.0 Å². The molecule has 7 nitrogen and oxygen atoms in total. The molecule has 1 aromatic rings. The fourth-order valence-corrected chi connectivity index (χ4v) is 3.60. The number of ether oxygens (including phenoxy) is 3. The van der Waals surface area contributed by atoms with Crippen molar-refractivity contribution in [1.29, 1.82) is 0 Å². The molecule has 0 radical (unpaired) electrons. The van der Waals surface area contributed by atoms with E-state index in [9.17, 15) is 0 Å². The molecule has 2 saturated heterocycles. The van der Waals surface area contributed by atoms with Crippen molar-refractivity contribution < 1.29 is 14.2 Å². The van der Waals surface area contributed by atoms with Crippen molar-refractivity contribution in [2.24, 2.45) is 10.4 Å². The van der Waals surface area contributed by atoms with Crippen LogP contribution in [0.15, 0.2) is 23.2 Å². The predicted molar refractivity (Wildman–Crippen MR) is 111 cm³/mol. The molecule has 0 amide bonds. The topological polar surface area (TPSA) is 58.6 Å². The summed E-state index contributed by atoms with van der Waals surface area (Å²) in [5, 5.41) is 3.45. The predicted octanol–water partition coefficient (Wildman–Crippen LogP) is 1.82. The number of nitrogens with one attached hydrogen (secondary N) is 1. The molecule has 0 spiro atoms. The molecular weight excluding hydrogens is 356 g/mol. The first-order valence-corrected chi connectivity index (χ1v) is 10.1. The minimum atomic E-state index is 0.200. The van der Waals surface area contributed by atoms with Gasteiger partial charge in [0, 0.05) is 50.2 Å². The molecule has 2 fully saturated rings. The second-order valence-electron chi connectivity index (χ2n) is 7.91. The molecule has 0 saturated carbocycles. The lowest BCUT2D eigenvalue weighted by atomic mass is 9.89. The summed E-state index contributed by atoms with van der Waals surface area (Å²) < 4.78 is 16.3. The van der Waals surface area contributed by atoms with Crippen LogP contribution in [0, 0.1) is 5.41 Å².